The zero-order chi connectivity index (χ0) is 20.6. The van der Waals surface area contributed by atoms with Crippen LogP contribution in [-0.4, -0.2) is 59.8 Å². The first-order valence-electron chi connectivity index (χ1n) is 9.75. The molecule has 0 atom stereocenters. The van der Waals surface area contributed by atoms with Gasteiger partial charge in [-0.3, -0.25) is 4.79 Å². The Bertz CT molecular complexity index is 1010. The number of benzene rings is 1. The van der Waals surface area contributed by atoms with E-state index in [0.717, 1.165) is 25.9 Å². The maximum Gasteiger partial charge on any atom is 0.244 e. The van der Waals surface area contributed by atoms with Gasteiger partial charge in [0.15, 0.2) is 0 Å². The van der Waals surface area contributed by atoms with E-state index >= 15 is 0 Å². The van der Waals surface area contributed by atoms with Crippen LogP contribution in [0.15, 0.2) is 27.6 Å². The van der Waals surface area contributed by atoms with Crippen molar-refractivity contribution in [2.24, 2.45) is 5.92 Å². The Morgan fingerprint density at radius 3 is 2.48 bits per heavy atom. The third kappa shape index (κ3) is 4.04. The Hall–Kier alpha value is -1.97. The predicted octanol–water partition coefficient (Wildman–Crippen LogP) is 2.72. The molecule has 2 aromatic rings. The Morgan fingerprint density at radius 1 is 1.17 bits per heavy atom. The molecule has 2 aliphatic rings. The molecule has 2 aliphatic heterocycles. The number of aryl methyl sites for hydroxylation is 1. The fraction of sp³-hybridized carbons (Fsp3) is 0.526. The van der Waals surface area contributed by atoms with Crippen molar-refractivity contribution < 1.29 is 17.7 Å². The van der Waals surface area contributed by atoms with Crippen LogP contribution in [0.25, 0.3) is 11.4 Å². The molecule has 0 spiro atoms. The van der Waals surface area contributed by atoms with Crippen LogP contribution in [0, 0.1) is 12.8 Å². The molecule has 0 N–H and O–H groups in total. The van der Waals surface area contributed by atoms with Gasteiger partial charge >= 0.3 is 0 Å². The minimum Gasteiger partial charge on any atom is -0.342 e. The number of carbonyl (C=O) groups is 1. The SMILES string of the molecule is Cc1nc(-c2ccc(Cl)c(S(=O)(=O)N3CCC(C(=O)N4CCCC4)CC3)c2)no1. The summed E-state index contributed by atoms with van der Waals surface area (Å²) in [5.74, 6) is 0.755. The van der Waals surface area contributed by atoms with Crippen LogP contribution in [0.5, 0.6) is 0 Å². The van der Waals surface area contributed by atoms with E-state index < -0.39 is 10.0 Å². The summed E-state index contributed by atoms with van der Waals surface area (Å²) in [5.41, 5.74) is 0.518. The Kier molecular flexibility index (Phi) is 5.63. The number of carbonyl (C=O) groups excluding carboxylic acids is 1. The first kappa shape index (κ1) is 20.3. The summed E-state index contributed by atoms with van der Waals surface area (Å²) in [4.78, 5) is 18.7. The highest BCUT2D eigenvalue weighted by Gasteiger charge is 2.35. The summed E-state index contributed by atoms with van der Waals surface area (Å²) in [7, 11) is -3.79. The molecule has 29 heavy (non-hydrogen) atoms. The van der Waals surface area contributed by atoms with E-state index in [2.05, 4.69) is 10.1 Å². The summed E-state index contributed by atoms with van der Waals surface area (Å²) in [6.45, 7) is 3.89. The molecule has 0 saturated carbocycles. The third-order valence-corrected chi connectivity index (χ3v) is 7.94. The highest BCUT2D eigenvalue weighted by atomic mass is 35.5. The summed E-state index contributed by atoms with van der Waals surface area (Å²) >= 11 is 6.23. The molecule has 1 amide bonds. The first-order chi connectivity index (χ1) is 13.9. The predicted molar refractivity (Wildman–Crippen MR) is 107 cm³/mol. The van der Waals surface area contributed by atoms with Crippen molar-refractivity contribution in [2.45, 2.75) is 37.5 Å². The number of rotatable bonds is 4. The summed E-state index contributed by atoms with van der Waals surface area (Å²) < 4.78 is 32.8. The molecule has 10 heteroatoms. The van der Waals surface area contributed by atoms with Crippen LogP contribution in [0.3, 0.4) is 0 Å². The monoisotopic (exact) mass is 438 g/mol. The van der Waals surface area contributed by atoms with Crippen molar-refractivity contribution in [3.63, 3.8) is 0 Å². The zero-order valence-corrected chi connectivity index (χ0v) is 17.7. The molecule has 0 unspecified atom stereocenters. The Balaban J connectivity index is 1.51. The summed E-state index contributed by atoms with van der Waals surface area (Å²) in [6, 6.07) is 4.66. The van der Waals surface area contributed by atoms with Gasteiger partial charge in [0.2, 0.25) is 27.6 Å². The number of likely N-dealkylation sites (tertiary alicyclic amines) is 1. The maximum atomic E-state index is 13.2. The number of hydrogen-bond acceptors (Lipinski definition) is 6. The van der Waals surface area contributed by atoms with E-state index in [9.17, 15) is 13.2 Å². The van der Waals surface area contributed by atoms with Crippen molar-refractivity contribution in [3.8, 4) is 11.4 Å². The van der Waals surface area contributed by atoms with Gasteiger partial charge in [0.25, 0.3) is 0 Å². The third-order valence-electron chi connectivity index (χ3n) is 5.56. The van der Waals surface area contributed by atoms with Crippen molar-refractivity contribution in [3.05, 3.63) is 29.1 Å². The lowest BCUT2D eigenvalue weighted by atomic mass is 9.97. The number of sulfonamides is 1. The fourth-order valence-electron chi connectivity index (χ4n) is 3.93. The lowest BCUT2D eigenvalue weighted by Gasteiger charge is -2.32. The van der Waals surface area contributed by atoms with Crippen molar-refractivity contribution >= 4 is 27.5 Å². The topological polar surface area (TPSA) is 96.6 Å². The first-order valence-corrected chi connectivity index (χ1v) is 11.6. The van der Waals surface area contributed by atoms with E-state index in [0.29, 0.717) is 43.2 Å². The fourth-order valence-corrected chi connectivity index (χ4v) is 5.90. The molecule has 0 radical (unpaired) electrons. The van der Waals surface area contributed by atoms with Gasteiger partial charge in [-0.15, -0.1) is 0 Å². The average molecular weight is 439 g/mol. The van der Waals surface area contributed by atoms with E-state index in [1.54, 1.807) is 13.0 Å². The van der Waals surface area contributed by atoms with E-state index in [-0.39, 0.29) is 21.7 Å². The lowest BCUT2D eigenvalue weighted by molar-refractivity contribution is -0.135. The molecule has 4 rings (SSSR count). The molecule has 2 saturated heterocycles. The van der Waals surface area contributed by atoms with Gasteiger partial charge in [-0.05, 0) is 43.9 Å². The van der Waals surface area contributed by atoms with Gasteiger partial charge in [-0.2, -0.15) is 9.29 Å². The molecule has 0 bridgehead atoms. The number of nitrogens with zero attached hydrogens (tertiary/aromatic N) is 4. The second kappa shape index (κ2) is 8.04. The molecule has 1 aromatic carbocycles. The van der Waals surface area contributed by atoms with Gasteiger partial charge in [-0.25, -0.2) is 8.42 Å². The van der Waals surface area contributed by atoms with E-state index in [1.807, 2.05) is 4.90 Å². The Morgan fingerprint density at radius 2 is 1.86 bits per heavy atom. The number of amides is 1. The number of piperidine rings is 1. The van der Waals surface area contributed by atoms with E-state index in [1.165, 1.54) is 16.4 Å². The molecular weight excluding hydrogens is 416 g/mol. The highest BCUT2D eigenvalue weighted by molar-refractivity contribution is 7.89. The van der Waals surface area contributed by atoms with Gasteiger partial charge in [0.05, 0.1) is 5.02 Å². The van der Waals surface area contributed by atoms with E-state index in [4.69, 9.17) is 16.1 Å². The van der Waals surface area contributed by atoms with Crippen LogP contribution in [0.2, 0.25) is 5.02 Å². The molecule has 1 aromatic heterocycles. The molecule has 156 valence electrons. The smallest absolute Gasteiger partial charge is 0.244 e. The number of hydrogen-bond donors (Lipinski definition) is 0. The molecule has 2 fully saturated rings. The van der Waals surface area contributed by atoms with Gasteiger partial charge in [-0.1, -0.05) is 16.8 Å². The number of halogens is 1. The number of aromatic nitrogens is 2. The van der Waals surface area contributed by atoms with Crippen LogP contribution in [0.4, 0.5) is 0 Å². The minimum absolute atomic E-state index is 0.0171. The summed E-state index contributed by atoms with van der Waals surface area (Å²) in [5, 5.41) is 3.98. The molecule has 3 heterocycles. The molecule has 0 aliphatic carbocycles. The molecule has 8 nitrogen and oxygen atoms in total. The largest absolute Gasteiger partial charge is 0.342 e. The Labute approximate surface area is 174 Å². The lowest BCUT2D eigenvalue weighted by Crippen LogP contribution is -2.43. The standard InChI is InChI=1S/C19H23ClN4O4S/c1-13-21-18(22-28-13)15-4-5-16(20)17(12-15)29(26,27)24-10-6-14(7-11-24)19(25)23-8-2-3-9-23/h4-5,12,14H,2-3,6-11H2,1H3. The van der Waals surface area contributed by atoms with Gasteiger partial charge in [0.1, 0.15) is 4.90 Å². The van der Waals surface area contributed by atoms with Gasteiger partial charge < -0.3 is 9.42 Å². The maximum absolute atomic E-state index is 13.2. The van der Waals surface area contributed by atoms with Crippen molar-refractivity contribution in [1.29, 1.82) is 0 Å². The second-order valence-electron chi connectivity index (χ2n) is 7.49. The van der Waals surface area contributed by atoms with Crippen LogP contribution >= 0.6 is 11.6 Å². The highest BCUT2D eigenvalue weighted by Crippen LogP contribution is 2.32. The van der Waals surface area contributed by atoms with Crippen molar-refractivity contribution in [1.82, 2.24) is 19.3 Å². The zero-order valence-electron chi connectivity index (χ0n) is 16.2. The minimum atomic E-state index is -3.79. The average Bonchev–Trinajstić information content (AvgIpc) is 3.40. The van der Waals surface area contributed by atoms with Gasteiger partial charge in [0, 0.05) is 44.6 Å². The summed E-state index contributed by atoms with van der Waals surface area (Å²) in [6.07, 6.45) is 3.15. The van der Waals surface area contributed by atoms with Crippen molar-refractivity contribution in [2.75, 3.05) is 26.2 Å². The molecular formula is C19H23ClN4O4S. The quantitative estimate of drug-likeness (QED) is 0.728. The van der Waals surface area contributed by atoms with Crippen LogP contribution in [-0.2, 0) is 14.8 Å². The van der Waals surface area contributed by atoms with Crippen LogP contribution in [0.1, 0.15) is 31.6 Å². The normalized spacial score (nSPS) is 19.0. The second-order valence-corrected chi connectivity index (χ2v) is 9.81. The van der Waals surface area contributed by atoms with Crippen LogP contribution < -0.4 is 0 Å².